The number of hydrogen-bond acceptors (Lipinski definition) is 3. The van der Waals surface area contributed by atoms with Gasteiger partial charge in [-0.1, -0.05) is 35.9 Å². The molecule has 3 aromatic rings. The number of hydrogen-bond donors (Lipinski definition) is 2. The van der Waals surface area contributed by atoms with E-state index >= 15 is 0 Å². The Labute approximate surface area is 149 Å². The molecular weight excluding hydrogens is 338 g/mol. The number of halogens is 1. The quantitative estimate of drug-likeness (QED) is 0.561. The van der Waals surface area contributed by atoms with Crippen molar-refractivity contribution in [3.05, 3.63) is 83.0 Å². The van der Waals surface area contributed by atoms with Crippen molar-refractivity contribution in [2.75, 3.05) is 0 Å². The number of rotatable bonds is 3. The molecule has 2 aromatic carbocycles. The van der Waals surface area contributed by atoms with Crippen LogP contribution in [0.2, 0.25) is 5.02 Å². The highest BCUT2D eigenvalue weighted by Gasteiger charge is 2.06. The Kier molecular flexibility index (Phi) is 5.06. The Hall–Kier alpha value is -3.18. The summed E-state index contributed by atoms with van der Waals surface area (Å²) in [6.07, 6.45) is 4.69. The molecule has 2 N–H and O–H groups in total. The maximum Gasteiger partial charge on any atom is 0.269 e. The number of carbonyl (C=O) groups excluding carboxylic acids is 2. The van der Waals surface area contributed by atoms with E-state index < -0.39 is 11.8 Å². The minimum atomic E-state index is -0.449. The summed E-state index contributed by atoms with van der Waals surface area (Å²) in [5.41, 5.74) is 6.70. The Bertz CT molecular complexity index is 947. The van der Waals surface area contributed by atoms with Gasteiger partial charge in [-0.3, -0.25) is 25.4 Å². The minimum absolute atomic E-state index is 0.395. The Morgan fingerprint density at radius 2 is 1.72 bits per heavy atom. The molecule has 0 fully saturated rings. The second-order valence-corrected chi connectivity index (χ2v) is 5.64. The molecule has 0 saturated carbocycles. The van der Waals surface area contributed by atoms with Gasteiger partial charge in [0.1, 0.15) is 0 Å². The van der Waals surface area contributed by atoms with Crippen molar-refractivity contribution < 1.29 is 9.59 Å². The first-order valence-electron chi connectivity index (χ1n) is 7.51. The lowest BCUT2D eigenvalue weighted by Crippen LogP contribution is -2.40. The molecule has 0 aliphatic carbocycles. The topological polar surface area (TPSA) is 71.1 Å². The summed E-state index contributed by atoms with van der Waals surface area (Å²) in [4.78, 5) is 28.1. The molecule has 0 radical (unpaired) electrons. The van der Waals surface area contributed by atoms with Gasteiger partial charge in [0.05, 0.1) is 5.52 Å². The van der Waals surface area contributed by atoms with Crippen LogP contribution in [0.5, 0.6) is 0 Å². The second kappa shape index (κ2) is 7.59. The highest BCUT2D eigenvalue weighted by molar-refractivity contribution is 6.30. The summed E-state index contributed by atoms with van der Waals surface area (Å²) in [6, 6.07) is 15.9. The van der Waals surface area contributed by atoms with Gasteiger partial charge in [0, 0.05) is 33.8 Å². The van der Waals surface area contributed by atoms with Gasteiger partial charge in [0.25, 0.3) is 11.8 Å². The smallest absolute Gasteiger partial charge is 0.268 e. The largest absolute Gasteiger partial charge is 0.269 e. The van der Waals surface area contributed by atoms with Gasteiger partial charge >= 0.3 is 0 Å². The third-order valence-electron chi connectivity index (χ3n) is 3.48. The molecule has 2 amide bonds. The molecule has 5 nitrogen and oxygen atoms in total. The van der Waals surface area contributed by atoms with E-state index in [1.165, 1.54) is 6.08 Å². The zero-order chi connectivity index (χ0) is 17.6. The van der Waals surface area contributed by atoms with E-state index in [0.717, 1.165) is 16.5 Å². The summed E-state index contributed by atoms with van der Waals surface area (Å²) in [5, 5.41) is 1.52. The first-order valence-corrected chi connectivity index (χ1v) is 7.89. The van der Waals surface area contributed by atoms with E-state index in [4.69, 9.17) is 11.6 Å². The molecule has 0 spiro atoms. The van der Waals surface area contributed by atoms with Gasteiger partial charge in [-0.25, -0.2) is 0 Å². The minimum Gasteiger partial charge on any atom is -0.268 e. The number of hydrazine groups is 1. The first-order chi connectivity index (χ1) is 12.1. The molecule has 0 aliphatic heterocycles. The normalized spacial score (nSPS) is 10.8. The van der Waals surface area contributed by atoms with Crippen molar-refractivity contribution >= 4 is 40.4 Å². The van der Waals surface area contributed by atoms with E-state index in [1.807, 2.05) is 30.3 Å². The number of amides is 2. The van der Waals surface area contributed by atoms with E-state index in [1.54, 1.807) is 36.5 Å². The molecule has 0 aliphatic rings. The van der Waals surface area contributed by atoms with Crippen molar-refractivity contribution in [1.82, 2.24) is 15.8 Å². The molecule has 124 valence electrons. The zero-order valence-electron chi connectivity index (χ0n) is 13.1. The van der Waals surface area contributed by atoms with Crippen LogP contribution in [0.1, 0.15) is 15.9 Å². The summed E-state index contributed by atoms with van der Waals surface area (Å²) in [7, 11) is 0. The molecule has 3 rings (SSSR count). The maximum atomic E-state index is 11.9. The fourth-order valence-corrected chi connectivity index (χ4v) is 2.39. The molecule has 0 atom stereocenters. The van der Waals surface area contributed by atoms with Gasteiger partial charge in [-0.05, 0) is 36.4 Å². The fraction of sp³-hybridized carbons (Fsp3) is 0. The number of aromatic nitrogens is 1. The standard InChI is InChI=1S/C19H14ClN3O2/c20-16-9-6-15(7-10-16)19(25)23-22-17(24)11-8-14-4-1-3-13-5-2-12-21-18(13)14/h1-12H,(H,22,24)(H,23,25)/b11-8+. The van der Waals surface area contributed by atoms with Gasteiger partial charge < -0.3 is 0 Å². The number of fused-ring (bicyclic) bond motifs is 1. The van der Waals surface area contributed by atoms with Crippen molar-refractivity contribution in [1.29, 1.82) is 0 Å². The molecule has 6 heteroatoms. The summed E-state index contributed by atoms with van der Waals surface area (Å²) in [6.45, 7) is 0. The lowest BCUT2D eigenvalue weighted by molar-refractivity contribution is -0.117. The molecule has 1 heterocycles. The molecular formula is C19H14ClN3O2. The van der Waals surface area contributed by atoms with Gasteiger partial charge in [0.15, 0.2) is 0 Å². The van der Waals surface area contributed by atoms with Crippen LogP contribution in [-0.2, 0) is 4.79 Å². The van der Waals surface area contributed by atoms with Crippen LogP contribution in [0.3, 0.4) is 0 Å². The zero-order valence-corrected chi connectivity index (χ0v) is 13.8. The van der Waals surface area contributed by atoms with Crippen LogP contribution in [0.25, 0.3) is 17.0 Å². The highest BCUT2D eigenvalue weighted by atomic mass is 35.5. The average molecular weight is 352 g/mol. The van der Waals surface area contributed by atoms with Crippen LogP contribution < -0.4 is 10.9 Å². The molecule has 0 saturated heterocycles. The van der Waals surface area contributed by atoms with Crippen LogP contribution in [-0.4, -0.2) is 16.8 Å². The number of pyridine rings is 1. The lowest BCUT2D eigenvalue weighted by atomic mass is 10.1. The Balaban J connectivity index is 1.63. The third-order valence-corrected chi connectivity index (χ3v) is 3.74. The van der Waals surface area contributed by atoms with E-state index in [2.05, 4.69) is 15.8 Å². The van der Waals surface area contributed by atoms with Crippen LogP contribution >= 0.6 is 11.6 Å². The van der Waals surface area contributed by atoms with E-state index in [9.17, 15) is 9.59 Å². The summed E-state index contributed by atoms with van der Waals surface area (Å²) in [5.74, 6) is -0.875. The van der Waals surface area contributed by atoms with Gasteiger partial charge in [-0.2, -0.15) is 0 Å². The SMILES string of the molecule is O=C(/C=C/c1cccc2cccnc12)NNC(=O)c1ccc(Cl)cc1. The summed E-state index contributed by atoms with van der Waals surface area (Å²) >= 11 is 5.77. The van der Waals surface area contributed by atoms with Crippen molar-refractivity contribution in [3.8, 4) is 0 Å². The first kappa shape index (κ1) is 16.7. The maximum absolute atomic E-state index is 11.9. The monoisotopic (exact) mass is 351 g/mol. The molecule has 0 bridgehead atoms. The highest BCUT2D eigenvalue weighted by Crippen LogP contribution is 2.16. The fourth-order valence-electron chi connectivity index (χ4n) is 2.26. The number of benzene rings is 2. The van der Waals surface area contributed by atoms with E-state index in [-0.39, 0.29) is 0 Å². The van der Waals surface area contributed by atoms with Crippen molar-refractivity contribution in [2.45, 2.75) is 0 Å². The number of para-hydroxylation sites is 1. The van der Waals surface area contributed by atoms with Crippen LogP contribution in [0.15, 0.2) is 66.9 Å². The molecule has 0 unspecified atom stereocenters. The predicted octanol–water partition coefficient (Wildman–Crippen LogP) is 3.36. The van der Waals surface area contributed by atoms with E-state index in [0.29, 0.717) is 10.6 Å². The summed E-state index contributed by atoms with van der Waals surface area (Å²) < 4.78 is 0. The second-order valence-electron chi connectivity index (χ2n) is 5.21. The van der Waals surface area contributed by atoms with Crippen molar-refractivity contribution in [3.63, 3.8) is 0 Å². The number of nitrogens with one attached hydrogen (secondary N) is 2. The Morgan fingerprint density at radius 3 is 2.52 bits per heavy atom. The molecule has 25 heavy (non-hydrogen) atoms. The molecule has 1 aromatic heterocycles. The van der Waals surface area contributed by atoms with Crippen LogP contribution in [0, 0.1) is 0 Å². The van der Waals surface area contributed by atoms with Crippen molar-refractivity contribution in [2.24, 2.45) is 0 Å². The third kappa shape index (κ3) is 4.22. The van der Waals surface area contributed by atoms with Crippen LogP contribution in [0.4, 0.5) is 0 Å². The number of nitrogens with zero attached hydrogens (tertiary/aromatic N) is 1. The number of carbonyl (C=O) groups is 2. The average Bonchev–Trinajstić information content (AvgIpc) is 2.65. The Morgan fingerprint density at radius 1 is 0.960 bits per heavy atom. The van der Waals surface area contributed by atoms with Gasteiger partial charge in [0.2, 0.25) is 0 Å². The lowest BCUT2D eigenvalue weighted by Gasteiger charge is -2.05. The predicted molar refractivity (Wildman–Crippen MR) is 97.8 cm³/mol. The van der Waals surface area contributed by atoms with Gasteiger partial charge in [-0.15, -0.1) is 0 Å².